The lowest BCUT2D eigenvalue weighted by Gasteiger charge is -2.24. The van der Waals surface area contributed by atoms with E-state index in [-0.39, 0.29) is 37.3 Å². The summed E-state index contributed by atoms with van der Waals surface area (Å²) in [5, 5.41) is 72.0. The van der Waals surface area contributed by atoms with E-state index >= 15 is 0 Å². The highest BCUT2D eigenvalue weighted by Gasteiger charge is 2.59. The first-order chi connectivity index (χ1) is 53.8. The fourth-order valence-electron chi connectivity index (χ4n) is 13.8. The van der Waals surface area contributed by atoms with Gasteiger partial charge in [-0.05, 0) is 66.9 Å². The Kier molecular flexibility index (Phi) is 44.0. The van der Waals surface area contributed by atoms with E-state index in [1.165, 1.54) is 207 Å². The minimum atomic E-state index is -4.83. The first kappa shape index (κ1) is 95.0. The molecule has 2 aliphatic rings. The number of rotatable bonds is 57. The molecule has 0 aliphatic carbocycles. The van der Waals surface area contributed by atoms with Gasteiger partial charge in [0.1, 0.15) is 54.9 Å². The molecule has 0 amide bonds. The summed E-state index contributed by atoms with van der Waals surface area (Å²) in [7, 11) is -9.47. The smallest absolute Gasteiger partial charge is 0.454 e. The molecule has 0 spiro atoms. The second kappa shape index (κ2) is 51.9. The van der Waals surface area contributed by atoms with E-state index < -0.39 is 95.4 Å². The van der Waals surface area contributed by atoms with E-state index in [0.29, 0.717) is 53.5 Å². The molecule has 2 aromatic carbocycles. The van der Waals surface area contributed by atoms with Crippen LogP contribution in [0.5, 0.6) is 0 Å². The van der Waals surface area contributed by atoms with Crippen LogP contribution in [0.25, 0.3) is 11.0 Å². The molecule has 2 unspecified atom stereocenters. The lowest BCUT2D eigenvalue weighted by molar-refractivity contribution is -0.0659. The predicted molar refractivity (Wildman–Crippen MR) is 436 cm³/mol. The number of hydrogen-bond acceptors (Lipinski definition) is 23. The predicted octanol–water partition coefficient (Wildman–Crippen LogP) is 16.5. The van der Waals surface area contributed by atoms with Gasteiger partial charge in [0, 0.05) is 31.4 Å². The molecule has 0 radical (unpaired) electrons. The third-order valence-electron chi connectivity index (χ3n) is 20.3. The van der Waals surface area contributed by atoms with Crippen LogP contribution in [-0.2, 0) is 67.9 Å². The number of ether oxygens (including phenoxy) is 5. The molecule has 2 aliphatic heterocycles. The molecule has 6 heterocycles. The van der Waals surface area contributed by atoms with Crippen LogP contribution in [-0.4, -0.2) is 156 Å². The molecule has 8 rings (SSSR count). The Morgan fingerprint density at radius 2 is 0.875 bits per heavy atom. The molecule has 624 valence electrons. The summed E-state index contributed by atoms with van der Waals surface area (Å²) in [6.07, 6.45) is 33.3. The van der Waals surface area contributed by atoms with E-state index in [0.717, 1.165) is 37.7 Å². The van der Waals surface area contributed by atoms with Gasteiger partial charge in [0.25, 0.3) is 0 Å². The van der Waals surface area contributed by atoms with Crippen molar-refractivity contribution in [2.24, 2.45) is 0 Å². The number of phosphoric ester groups is 2. The summed E-state index contributed by atoms with van der Waals surface area (Å²) in [4.78, 5) is 34.0. The Labute approximate surface area is 668 Å². The van der Waals surface area contributed by atoms with Crippen LogP contribution in [0.3, 0.4) is 0 Å². The minimum absolute atomic E-state index is 0. The van der Waals surface area contributed by atoms with Crippen molar-refractivity contribution in [3.63, 3.8) is 0 Å². The van der Waals surface area contributed by atoms with E-state index in [1.807, 2.05) is 42.5 Å². The standard InChI is InChI=1S/C41H61N4O10P.C41H63N4O8PS.CH4/c1-2-3-4-5-6-7-8-9-10-11-12-13-14-15-16-20-27-51-28-33(54-40(48)32-21-18-17-19-22-32)29-52-56(49,50)53-30-36-38(46)39(47)41(31-42,55-36)37-24-23-35-34(43)25-26-44-45(35)37;1-2-3-4-5-6-7-8-9-10-11-12-13-14-15-16-20-27-50-28-34(55-31-33-21-18-17-19-22-33)29-51-54(48,49)52-30-37-39(46)40(47)41(32-42,53-37)38-24-23-36-35(43)25-26-44-45(36)38;/h17-19,21-26,33,36,38-39,46-47H,2-16,20,27-30,43H2,1H3,(H,49,50);17-19,21-26,34,37,39-40,46-47H,2-16,20,27-31,43H2,1H3,(H,48,49);1H4/t33-,36-,38-,39-,41+;34-,37-,39-,40-,41+;/m11./s1. The van der Waals surface area contributed by atoms with Crippen molar-refractivity contribution < 1.29 is 85.9 Å². The van der Waals surface area contributed by atoms with Crippen molar-refractivity contribution in [2.45, 2.75) is 292 Å². The van der Waals surface area contributed by atoms with Crippen LogP contribution in [0.1, 0.15) is 254 Å². The van der Waals surface area contributed by atoms with E-state index in [9.17, 15) is 54.7 Å². The summed E-state index contributed by atoms with van der Waals surface area (Å²) in [6, 6.07) is 31.5. The number of unbranched alkanes of at least 4 members (excludes halogenated alkanes) is 30. The number of nitriles is 2. The Hall–Kier alpha value is -5.88. The van der Waals surface area contributed by atoms with Gasteiger partial charge in [-0.15, -0.1) is 11.8 Å². The molecule has 26 nitrogen and oxygen atoms in total. The molecule has 12 atom stereocenters. The number of esters is 1. The van der Waals surface area contributed by atoms with Gasteiger partial charge < -0.3 is 65.4 Å². The summed E-state index contributed by atoms with van der Waals surface area (Å²) >= 11 is 1.56. The van der Waals surface area contributed by atoms with Gasteiger partial charge in [-0.25, -0.2) is 23.0 Å². The topological polar surface area (TPSA) is 390 Å². The highest BCUT2D eigenvalue weighted by molar-refractivity contribution is 7.99. The van der Waals surface area contributed by atoms with E-state index in [2.05, 4.69) is 24.0 Å². The van der Waals surface area contributed by atoms with E-state index in [1.54, 1.807) is 66.4 Å². The molecular formula is C83H128N8O18P2S. The SMILES string of the molecule is C.CCCCCCCCCCCCCCCCCCOC[C@H](COP(=O)(O)OC[C@H]1O[C@@](C#N)(c2ccc3c(N)ccnn23)[C@H](O)[C@@H]1O)OC(=O)c1ccccc1.CCCCCCCCCCCCCCCCCCOC[C@H](COP(=O)(O)OC[C@H]1O[C@@](C#N)(c2ccc3c(N)ccnn23)[C@H](O)[C@@H]1O)SCc1ccccc1. The van der Waals surface area contributed by atoms with Crippen LogP contribution < -0.4 is 11.5 Å². The number of phosphoric acid groups is 2. The second-order valence-electron chi connectivity index (χ2n) is 29.2. The molecule has 2 saturated heterocycles. The monoisotopic (exact) mass is 1620 g/mol. The van der Waals surface area contributed by atoms with Crippen LogP contribution in [0.15, 0.2) is 109 Å². The van der Waals surface area contributed by atoms with Gasteiger partial charge in [-0.1, -0.05) is 262 Å². The van der Waals surface area contributed by atoms with Gasteiger partial charge >= 0.3 is 21.6 Å². The van der Waals surface area contributed by atoms with Crippen LogP contribution in [0.2, 0.25) is 0 Å². The summed E-state index contributed by atoms with van der Waals surface area (Å²) < 4.78 is 78.7. The average Bonchev–Trinajstić information content (AvgIpc) is 1.54. The number of nitrogens with two attached hydrogens (primary N) is 2. The van der Waals surface area contributed by atoms with Crippen LogP contribution >= 0.6 is 27.4 Å². The number of anilines is 2. The lowest BCUT2D eigenvalue weighted by atomic mass is 9.92. The quantitative estimate of drug-likeness (QED) is 0.00998. The zero-order valence-corrected chi connectivity index (χ0v) is 67.8. The molecule has 29 heteroatoms. The maximum atomic E-state index is 13.0. The zero-order valence-electron chi connectivity index (χ0n) is 65.2. The first-order valence-electron chi connectivity index (χ1n) is 40.5. The third kappa shape index (κ3) is 31.0. The Morgan fingerprint density at radius 1 is 0.509 bits per heavy atom. The van der Waals surface area contributed by atoms with Crippen molar-refractivity contribution >= 4 is 55.8 Å². The van der Waals surface area contributed by atoms with Gasteiger partial charge in [-0.2, -0.15) is 20.7 Å². The molecule has 2 fully saturated rings. The van der Waals surface area contributed by atoms with Crippen molar-refractivity contribution in [1.29, 1.82) is 10.5 Å². The summed E-state index contributed by atoms with van der Waals surface area (Å²) in [6.45, 7) is 3.80. The number of nitrogen functional groups attached to an aromatic ring is 2. The lowest BCUT2D eigenvalue weighted by Crippen LogP contribution is -2.41. The Morgan fingerprint density at radius 3 is 1.27 bits per heavy atom. The normalized spacial score (nSPS) is 21.1. The van der Waals surface area contributed by atoms with Crippen molar-refractivity contribution in [1.82, 2.24) is 19.2 Å². The van der Waals surface area contributed by atoms with Crippen LogP contribution in [0.4, 0.5) is 11.4 Å². The van der Waals surface area contributed by atoms with Crippen molar-refractivity contribution in [3.8, 4) is 12.1 Å². The first-order valence-corrected chi connectivity index (χ1v) is 44.5. The fraction of sp³-hybridized carbons (Fsp3) is 0.651. The third-order valence-corrected chi connectivity index (χ3v) is 23.5. The van der Waals surface area contributed by atoms with Gasteiger partial charge in [0.15, 0.2) is 0 Å². The van der Waals surface area contributed by atoms with Gasteiger partial charge in [-0.3, -0.25) is 18.1 Å². The number of nitrogens with zero attached hydrogens (tertiary/aromatic N) is 6. The number of benzene rings is 2. The molecule has 0 saturated carbocycles. The molecule has 4 aromatic heterocycles. The van der Waals surface area contributed by atoms with Crippen molar-refractivity contribution in [2.75, 3.05) is 64.3 Å². The highest BCUT2D eigenvalue weighted by Crippen LogP contribution is 2.49. The molecule has 112 heavy (non-hydrogen) atoms. The largest absolute Gasteiger partial charge is 0.472 e. The number of carbonyl (C=O) groups is 1. The number of hydrogen-bond donors (Lipinski definition) is 8. The van der Waals surface area contributed by atoms with Gasteiger partial charge in [0.05, 0.1) is 84.3 Å². The summed E-state index contributed by atoms with van der Waals surface area (Å²) in [5.41, 5.74) is 11.2. The zero-order chi connectivity index (χ0) is 79.6. The number of thioether (sulfide) groups is 1. The molecule has 10 N–H and O–H groups in total. The highest BCUT2D eigenvalue weighted by atomic mass is 32.2. The number of fused-ring (bicyclic) bond motifs is 2. The van der Waals surface area contributed by atoms with Gasteiger partial charge in [0.2, 0.25) is 11.2 Å². The van der Waals surface area contributed by atoms with E-state index in [4.69, 9.17) is 53.2 Å². The second-order valence-corrected chi connectivity index (χ2v) is 33.4. The molecular weight excluding hydrogens is 1490 g/mol. The number of aliphatic hydroxyl groups is 4. The summed E-state index contributed by atoms with van der Waals surface area (Å²) in [5.74, 6) is 0.0105. The fourth-order valence-corrected chi connectivity index (χ4v) is 16.4. The van der Waals surface area contributed by atoms with Crippen LogP contribution in [0, 0.1) is 22.7 Å². The number of carbonyl (C=O) groups excluding carboxylic acids is 1. The Balaban J connectivity index is 0.000000346. The molecule has 6 aromatic rings. The average molecular weight is 1620 g/mol. The van der Waals surface area contributed by atoms with Crippen molar-refractivity contribution in [3.05, 3.63) is 132 Å². The Bertz CT molecular complexity index is 3780. The number of aromatic nitrogens is 4. The minimum Gasteiger partial charge on any atom is -0.454 e. The maximum Gasteiger partial charge on any atom is 0.472 e. The maximum absolute atomic E-state index is 13.0. The molecule has 0 bridgehead atoms. The number of aliphatic hydroxyl groups excluding tert-OH is 4.